The highest BCUT2D eigenvalue weighted by molar-refractivity contribution is 7.99. The van der Waals surface area contributed by atoms with Crippen molar-refractivity contribution in [2.75, 3.05) is 37.7 Å². The number of nitrogens with one attached hydrogen (secondary N) is 1. The molecule has 5 nitrogen and oxygen atoms in total. The number of amides is 2. The lowest BCUT2D eigenvalue weighted by atomic mass is 9.96. The van der Waals surface area contributed by atoms with Gasteiger partial charge < -0.3 is 15.3 Å². The number of aliphatic hydroxyl groups excluding tert-OH is 1. The lowest BCUT2D eigenvalue weighted by Gasteiger charge is -2.30. The summed E-state index contributed by atoms with van der Waals surface area (Å²) in [4.78, 5) is 24.9. The molecule has 19 heavy (non-hydrogen) atoms. The SMILES string of the molecule is CC(=O)N1CCC(C(=O)NCCSCCCO)CC1. The Morgan fingerprint density at radius 3 is 2.58 bits per heavy atom. The van der Waals surface area contributed by atoms with Crippen molar-refractivity contribution < 1.29 is 14.7 Å². The van der Waals surface area contributed by atoms with Crippen molar-refractivity contribution in [3.63, 3.8) is 0 Å². The van der Waals surface area contributed by atoms with E-state index in [9.17, 15) is 9.59 Å². The second-order valence-corrected chi connectivity index (χ2v) is 5.99. The number of hydrogen-bond donors (Lipinski definition) is 2. The van der Waals surface area contributed by atoms with Crippen LogP contribution in [0.15, 0.2) is 0 Å². The Balaban J connectivity index is 2.09. The molecule has 0 bridgehead atoms. The predicted octanol–water partition coefficient (Wildman–Crippen LogP) is 0.477. The fraction of sp³-hybridized carbons (Fsp3) is 0.846. The lowest BCUT2D eigenvalue weighted by Crippen LogP contribution is -2.42. The Morgan fingerprint density at radius 2 is 2.00 bits per heavy atom. The summed E-state index contributed by atoms with van der Waals surface area (Å²) < 4.78 is 0. The van der Waals surface area contributed by atoms with Gasteiger partial charge in [0.25, 0.3) is 0 Å². The normalized spacial score (nSPS) is 16.4. The van der Waals surface area contributed by atoms with Gasteiger partial charge in [0, 0.05) is 44.8 Å². The van der Waals surface area contributed by atoms with Gasteiger partial charge in [-0.2, -0.15) is 11.8 Å². The first-order chi connectivity index (χ1) is 9.15. The van der Waals surface area contributed by atoms with Gasteiger partial charge in [-0.25, -0.2) is 0 Å². The molecule has 1 heterocycles. The Labute approximate surface area is 119 Å². The highest BCUT2D eigenvalue weighted by atomic mass is 32.2. The monoisotopic (exact) mass is 288 g/mol. The van der Waals surface area contributed by atoms with Crippen molar-refractivity contribution in [1.82, 2.24) is 10.2 Å². The van der Waals surface area contributed by atoms with Gasteiger partial charge in [-0.3, -0.25) is 9.59 Å². The molecule has 0 saturated carbocycles. The molecule has 2 amide bonds. The average Bonchev–Trinajstić information content (AvgIpc) is 2.42. The number of hydrogen-bond acceptors (Lipinski definition) is 4. The van der Waals surface area contributed by atoms with Crippen molar-refractivity contribution in [1.29, 1.82) is 0 Å². The molecule has 2 N–H and O–H groups in total. The number of carbonyl (C=O) groups is 2. The summed E-state index contributed by atoms with van der Waals surface area (Å²) in [5, 5.41) is 11.6. The van der Waals surface area contributed by atoms with E-state index in [1.165, 1.54) is 0 Å². The molecule has 1 aliphatic heterocycles. The number of carbonyl (C=O) groups excluding carboxylic acids is 2. The Bertz CT molecular complexity index is 292. The van der Waals surface area contributed by atoms with Crippen molar-refractivity contribution in [2.45, 2.75) is 26.2 Å². The van der Waals surface area contributed by atoms with Crippen molar-refractivity contribution in [3.05, 3.63) is 0 Å². The van der Waals surface area contributed by atoms with Crippen LogP contribution in [0.3, 0.4) is 0 Å². The van der Waals surface area contributed by atoms with Gasteiger partial charge in [0.2, 0.25) is 11.8 Å². The molecule has 0 spiro atoms. The molecule has 1 saturated heterocycles. The van der Waals surface area contributed by atoms with Gasteiger partial charge in [-0.05, 0) is 25.0 Å². The van der Waals surface area contributed by atoms with E-state index in [0.717, 1.165) is 30.8 Å². The van der Waals surface area contributed by atoms with E-state index >= 15 is 0 Å². The predicted molar refractivity (Wildman–Crippen MR) is 77.0 cm³/mol. The third-order valence-corrected chi connectivity index (χ3v) is 4.37. The zero-order valence-electron chi connectivity index (χ0n) is 11.6. The van der Waals surface area contributed by atoms with Crippen LogP contribution in [0.2, 0.25) is 0 Å². The number of aliphatic hydroxyl groups is 1. The summed E-state index contributed by atoms with van der Waals surface area (Å²) in [5.41, 5.74) is 0. The second kappa shape index (κ2) is 9.20. The number of nitrogens with zero attached hydrogens (tertiary/aromatic N) is 1. The van der Waals surface area contributed by atoms with Gasteiger partial charge in [-0.15, -0.1) is 0 Å². The van der Waals surface area contributed by atoms with E-state index in [4.69, 9.17) is 5.11 Å². The molecule has 0 unspecified atom stereocenters. The minimum atomic E-state index is 0.0537. The molecule has 1 fully saturated rings. The van der Waals surface area contributed by atoms with Crippen molar-refractivity contribution in [3.8, 4) is 0 Å². The molecule has 6 heteroatoms. The van der Waals surface area contributed by atoms with Gasteiger partial charge in [0.15, 0.2) is 0 Å². The van der Waals surface area contributed by atoms with Crippen LogP contribution in [-0.4, -0.2) is 59.6 Å². The van der Waals surface area contributed by atoms with E-state index in [1.807, 2.05) is 0 Å². The van der Waals surface area contributed by atoms with Crippen LogP contribution >= 0.6 is 11.8 Å². The molecule has 0 aromatic carbocycles. The summed E-state index contributed by atoms with van der Waals surface area (Å²) in [7, 11) is 0. The van der Waals surface area contributed by atoms with Crippen LogP contribution in [0.1, 0.15) is 26.2 Å². The van der Waals surface area contributed by atoms with E-state index < -0.39 is 0 Å². The summed E-state index contributed by atoms with van der Waals surface area (Å²) in [5.74, 6) is 2.09. The first-order valence-electron chi connectivity index (χ1n) is 6.87. The summed E-state index contributed by atoms with van der Waals surface area (Å²) >= 11 is 1.74. The van der Waals surface area contributed by atoms with E-state index in [2.05, 4.69) is 5.32 Å². The van der Waals surface area contributed by atoms with Crippen LogP contribution in [0.25, 0.3) is 0 Å². The minimum Gasteiger partial charge on any atom is -0.396 e. The van der Waals surface area contributed by atoms with Gasteiger partial charge in [0.1, 0.15) is 0 Å². The molecule has 110 valence electrons. The fourth-order valence-electron chi connectivity index (χ4n) is 2.12. The average molecular weight is 288 g/mol. The van der Waals surface area contributed by atoms with Crippen LogP contribution in [-0.2, 0) is 9.59 Å². The number of piperidine rings is 1. The Hall–Kier alpha value is -0.750. The molecule has 0 atom stereocenters. The third kappa shape index (κ3) is 6.29. The standard InChI is InChI=1S/C13H24N2O3S/c1-11(17)15-6-3-12(4-7-15)13(18)14-5-10-19-9-2-8-16/h12,16H,2-10H2,1H3,(H,14,18). The van der Waals surface area contributed by atoms with Gasteiger partial charge in [0.05, 0.1) is 0 Å². The maximum absolute atomic E-state index is 11.9. The van der Waals surface area contributed by atoms with E-state index in [0.29, 0.717) is 19.6 Å². The molecule has 0 aromatic rings. The second-order valence-electron chi connectivity index (χ2n) is 4.76. The Kier molecular flexibility index (Phi) is 7.90. The van der Waals surface area contributed by atoms with Crippen LogP contribution in [0.4, 0.5) is 0 Å². The van der Waals surface area contributed by atoms with Crippen LogP contribution in [0.5, 0.6) is 0 Å². The van der Waals surface area contributed by atoms with Crippen LogP contribution < -0.4 is 5.32 Å². The first kappa shape index (κ1) is 16.3. The lowest BCUT2D eigenvalue weighted by molar-refractivity contribution is -0.133. The number of thioether (sulfide) groups is 1. The largest absolute Gasteiger partial charge is 0.396 e. The summed E-state index contributed by atoms with van der Waals surface area (Å²) in [6.07, 6.45) is 2.34. The zero-order chi connectivity index (χ0) is 14.1. The maximum atomic E-state index is 11.9. The molecule has 0 aromatic heterocycles. The fourth-order valence-corrected chi connectivity index (χ4v) is 2.90. The third-order valence-electron chi connectivity index (χ3n) is 3.30. The quantitative estimate of drug-likeness (QED) is 0.669. The molecular formula is C13H24N2O3S. The summed E-state index contributed by atoms with van der Waals surface area (Å²) in [6.45, 7) is 3.87. The maximum Gasteiger partial charge on any atom is 0.223 e. The van der Waals surface area contributed by atoms with Crippen LogP contribution in [0, 0.1) is 5.92 Å². The smallest absolute Gasteiger partial charge is 0.223 e. The number of likely N-dealkylation sites (tertiary alicyclic amines) is 1. The van der Waals surface area contributed by atoms with Gasteiger partial charge in [-0.1, -0.05) is 0 Å². The van der Waals surface area contributed by atoms with E-state index in [-0.39, 0.29) is 24.3 Å². The summed E-state index contributed by atoms with van der Waals surface area (Å²) in [6, 6.07) is 0. The van der Waals surface area contributed by atoms with Crippen molar-refractivity contribution >= 4 is 23.6 Å². The molecular weight excluding hydrogens is 264 g/mol. The molecule has 0 radical (unpaired) electrons. The van der Waals surface area contributed by atoms with Crippen molar-refractivity contribution in [2.24, 2.45) is 5.92 Å². The highest BCUT2D eigenvalue weighted by Crippen LogP contribution is 2.17. The van der Waals surface area contributed by atoms with Gasteiger partial charge >= 0.3 is 0 Å². The molecule has 1 aliphatic rings. The minimum absolute atomic E-state index is 0.0537. The first-order valence-corrected chi connectivity index (χ1v) is 8.02. The van der Waals surface area contributed by atoms with E-state index in [1.54, 1.807) is 23.6 Å². The Morgan fingerprint density at radius 1 is 1.32 bits per heavy atom. The zero-order valence-corrected chi connectivity index (χ0v) is 12.4. The number of rotatable bonds is 7. The highest BCUT2D eigenvalue weighted by Gasteiger charge is 2.25. The molecule has 0 aliphatic carbocycles. The topological polar surface area (TPSA) is 69.6 Å². The molecule has 1 rings (SSSR count).